The van der Waals surface area contributed by atoms with E-state index in [1.165, 1.54) is 10.5 Å². The van der Waals surface area contributed by atoms with Crippen molar-refractivity contribution in [2.75, 3.05) is 6.79 Å². The van der Waals surface area contributed by atoms with Crippen LogP contribution in [0.4, 0.5) is 4.79 Å². The van der Waals surface area contributed by atoms with E-state index in [1.807, 2.05) is 43.3 Å². The van der Waals surface area contributed by atoms with Crippen LogP contribution in [0.25, 0.3) is 6.08 Å². The average Bonchev–Trinajstić information content (AvgIpc) is 3.39. The first kappa shape index (κ1) is 22.4. The van der Waals surface area contributed by atoms with Crippen molar-refractivity contribution >= 4 is 40.6 Å². The van der Waals surface area contributed by atoms with Crippen molar-refractivity contribution in [1.29, 1.82) is 0 Å². The van der Waals surface area contributed by atoms with E-state index in [4.69, 9.17) is 25.8 Å². The maximum absolute atomic E-state index is 12.9. The van der Waals surface area contributed by atoms with Gasteiger partial charge in [-0.05, 0) is 59.7 Å². The summed E-state index contributed by atoms with van der Waals surface area (Å²) in [5.41, 5.74) is 3.71. The van der Waals surface area contributed by atoms with Crippen molar-refractivity contribution in [2.45, 2.75) is 20.1 Å². The monoisotopic (exact) mass is 493 g/mol. The Kier molecular flexibility index (Phi) is 6.22. The van der Waals surface area contributed by atoms with Gasteiger partial charge in [0.2, 0.25) is 6.79 Å². The Hall–Kier alpha value is -3.42. The van der Waals surface area contributed by atoms with E-state index in [1.54, 1.807) is 18.2 Å². The Morgan fingerprint density at radius 1 is 1.03 bits per heavy atom. The summed E-state index contributed by atoms with van der Waals surface area (Å²) in [5.74, 6) is 1.47. The second-order valence-electron chi connectivity index (χ2n) is 7.91. The van der Waals surface area contributed by atoms with Crippen LogP contribution >= 0.6 is 23.4 Å². The number of carbonyl (C=O) groups is 2. The van der Waals surface area contributed by atoms with Crippen LogP contribution < -0.4 is 14.2 Å². The second-order valence-corrected chi connectivity index (χ2v) is 9.31. The SMILES string of the molecule is Cc1ccc(COc2ccc(/C=C3\SC(=O)N(Cc4cc5c(cc4Cl)OCO5)C3=O)cc2)cc1. The highest BCUT2D eigenvalue weighted by Gasteiger charge is 2.35. The predicted octanol–water partition coefficient (Wildman–Crippen LogP) is 6.19. The fraction of sp³-hybridized carbons (Fsp3) is 0.154. The van der Waals surface area contributed by atoms with E-state index in [9.17, 15) is 9.59 Å². The van der Waals surface area contributed by atoms with E-state index in [-0.39, 0.29) is 24.5 Å². The second kappa shape index (κ2) is 9.44. The molecule has 0 unspecified atom stereocenters. The lowest BCUT2D eigenvalue weighted by Crippen LogP contribution is -2.27. The van der Waals surface area contributed by atoms with Crippen LogP contribution in [0, 0.1) is 6.92 Å². The molecule has 6 nitrogen and oxygen atoms in total. The molecule has 1 fully saturated rings. The maximum atomic E-state index is 12.9. The van der Waals surface area contributed by atoms with Gasteiger partial charge >= 0.3 is 0 Å². The Morgan fingerprint density at radius 2 is 1.74 bits per heavy atom. The first-order valence-electron chi connectivity index (χ1n) is 10.6. The highest BCUT2D eigenvalue weighted by atomic mass is 35.5. The molecule has 2 aliphatic rings. The summed E-state index contributed by atoms with van der Waals surface area (Å²) >= 11 is 7.22. The summed E-state index contributed by atoms with van der Waals surface area (Å²) in [7, 11) is 0. The lowest BCUT2D eigenvalue weighted by atomic mass is 10.1. The number of benzene rings is 3. The van der Waals surface area contributed by atoms with Gasteiger partial charge in [-0.3, -0.25) is 14.5 Å². The normalized spacial score (nSPS) is 15.9. The largest absolute Gasteiger partial charge is 0.489 e. The molecule has 0 radical (unpaired) electrons. The van der Waals surface area contributed by atoms with Gasteiger partial charge in [0, 0.05) is 11.1 Å². The number of amides is 2. The molecule has 2 aliphatic heterocycles. The lowest BCUT2D eigenvalue weighted by Gasteiger charge is -2.14. The molecule has 2 heterocycles. The minimum Gasteiger partial charge on any atom is -0.489 e. The van der Waals surface area contributed by atoms with E-state index < -0.39 is 0 Å². The van der Waals surface area contributed by atoms with Gasteiger partial charge in [0.25, 0.3) is 11.1 Å². The van der Waals surface area contributed by atoms with Crippen molar-refractivity contribution < 1.29 is 23.8 Å². The van der Waals surface area contributed by atoms with Crippen LogP contribution in [0.3, 0.4) is 0 Å². The zero-order valence-corrected chi connectivity index (χ0v) is 19.8. The third kappa shape index (κ3) is 4.76. The van der Waals surface area contributed by atoms with Gasteiger partial charge < -0.3 is 14.2 Å². The number of fused-ring (bicyclic) bond motifs is 1. The smallest absolute Gasteiger partial charge is 0.293 e. The van der Waals surface area contributed by atoms with Gasteiger partial charge in [0.1, 0.15) is 12.4 Å². The molecule has 0 saturated carbocycles. The van der Waals surface area contributed by atoms with Crippen molar-refractivity contribution in [3.05, 3.63) is 92.8 Å². The third-order valence-electron chi connectivity index (χ3n) is 5.45. The number of thioether (sulfide) groups is 1. The standard InChI is InChI=1S/C26H20ClNO5S/c1-16-2-4-18(5-3-16)14-31-20-8-6-17(7-9-20)10-24-25(29)28(26(30)34-24)13-19-11-22-23(12-21(19)27)33-15-32-22/h2-12H,13-15H2,1H3/b24-10-. The molecule has 0 bridgehead atoms. The minimum absolute atomic E-state index is 0.0588. The Bertz CT molecular complexity index is 1290. The fourth-order valence-corrected chi connectivity index (χ4v) is 4.60. The predicted molar refractivity (Wildman–Crippen MR) is 131 cm³/mol. The summed E-state index contributed by atoms with van der Waals surface area (Å²) in [6, 6.07) is 18.9. The zero-order valence-electron chi connectivity index (χ0n) is 18.2. The molecule has 34 heavy (non-hydrogen) atoms. The van der Waals surface area contributed by atoms with Crippen LogP contribution in [-0.4, -0.2) is 22.8 Å². The van der Waals surface area contributed by atoms with Crippen LogP contribution in [0.15, 0.2) is 65.6 Å². The van der Waals surface area contributed by atoms with Gasteiger partial charge in [-0.2, -0.15) is 0 Å². The van der Waals surface area contributed by atoms with Crippen molar-refractivity contribution in [3.8, 4) is 17.2 Å². The molecule has 8 heteroatoms. The minimum atomic E-state index is -0.358. The van der Waals surface area contributed by atoms with Gasteiger partial charge in [-0.15, -0.1) is 0 Å². The molecule has 0 aliphatic carbocycles. The molecular formula is C26H20ClNO5S. The van der Waals surface area contributed by atoms with Crippen molar-refractivity contribution in [1.82, 2.24) is 4.90 Å². The number of aryl methyl sites for hydroxylation is 1. The van der Waals surface area contributed by atoms with Gasteiger partial charge in [-0.1, -0.05) is 53.6 Å². The molecule has 172 valence electrons. The molecule has 0 aromatic heterocycles. The first-order chi connectivity index (χ1) is 16.5. The van der Waals surface area contributed by atoms with E-state index in [0.717, 1.165) is 28.6 Å². The van der Waals surface area contributed by atoms with Gasteiger partial charge in [0.15, 0.2) is 11.5 Å². The number of carbonyl (C=O) groups excluding carboxylic acids is 2. The van der Waals surface area contributed by atoms with Crippen molar-refractivity contribution in [3.63, 3.8) is 0 Å². The number of hydrogen-bond donors (Lipinski definition) is 0. The number of halogens is 1. The molecule has 1 saturated heterocycles. The van der Waals surface area contributed by atoms with E-state index in [0.29, 0.717) is 33.6 Å². The summed E-state index contributed by atoms with van der Waals surface area (Å²) in [5, 5.41) is 0.0662. The number of nitrogens with zero attached hydrogens (tertiary/aromatic N) is 1. The van der Waals surface area contributed by atoms with E-state index in [2.05, 4.69) is 12.1 Å². The average molecular weight is 494 g/mol. The highest BCUT2D eigenvalue weighted by molar-refractivity contribution is 8.18. The zero-order chi connectivity index (χ0) is 23.7. The van der Waals surface area contributed by atoms with Gasteiger partial charge in [-0.25, -0.2) is 0 Å². The summed E-state index contributed by atoms with van der Waals surface area (Å²) in [4.78, 5) is 27.0. The lowest BCUT2D eigenvalue weighted by molar-refractivity contribution is -0.123. The topological polar surface area (TPSA) is 65.1 Å². The molecule has 0 atom stereocenters. The molecule has 3 aromatic rings. The molecule has 2 amide bonds. The fourth-order valence-electron chi connectivity index (χ4n) is 3.55. The Morgan fingerprint density at radius 3 is 2.47 bits per heavy atom. The number of ether oxygens (including phenoxy) is 3. The van der Waals surface area contributed by atoms with Crippen molar-refractivity contribution in [2.24, 2.45) is 0 Å². The summed E-state index contributed by atoms with van der Waals surface area (Å²) < 4.78 is 16.5. The molecular weight excluding hydrogens is 474 g/mol. The van der Waals surface area contributed by atoms with Crippen LogP contribution in [-0.2, 0) is 17.9 Å². The number of rotatable bonds is 6. The van der Waals surface area contributed by atoms with Gasteiger partial charge in [0.05, 0.1) is 11.4 Å². The molecule has 0 spiro atoms. The first-order valence-corrected chi connectivity index (χ1v) is 11.8. The number of imide groups is 1. The summed E-state index contributed by atoms with van der Waals surface area (Å²) in [6.07, 6.45) is 1.70. The van der Waals surface area contributed by atoms with E-state index >= 15 is 0 Å². The maximum Gasteiger partial charge on any atom is 0.293 e. The summed E-state index contributed by atoms with van der Waals surface area (Å²) in [6.45, 7) is 2.70. The number of hydrogen-bond acceptors (Lipinski definition) is 6. The quantitative estimate of drug-likeness (QED) is 0.381. The molecule has 0 N–H and O–H groups in total. The highest BCUT2D eigenvalue weighted by Crippen LogP contribution is 2.39. The Labute approximate surface area is 206 Å². The van der Waals surface area contributed by atoms with Crippen LogP contribution in [0.2, 0.25) is 5.02 Å². The van der Waals surface area contributed by atoms with Crippen LogP contribution in [0.1, 0.15) is 22.3 Å². The third-order valence-corrected chi connectivity index (χ3v) is 6.71. The van der Waals surface area contributed by atoms with Crippen LogP contribution in [0.5, 0.6) is 17.2 Å². The molecule has 3 aromatic carbocycles. The molecule has 5 rings (SSSR count). The Balaban J connectivity index is 1.25.